The highest BCUT2D eigenvalue weighted by atomic mass is 79.9. The number of hydrogen-bond donors (Lipinski definition) is 2. The summed E-state index contributed by atoms with van der Waals surface area (Å²) in [5, 5.41) is 7.74. The van der Waals surface area contributed by atoms with E-state index >= 15 is 0 Å². The van der Waals surface area contributed by atoms with E-state index in [1.165, 1.54) is 0 Å². The molecule has 2 N–H and O–H groups in total. The zero-order valence-corrected chi connectivity index (χ0v) is 12.9. The van der Waals surface area contributed by atoms with E-state index in [1.807, 2.05) is 29.1 Å². The highest BCUT2D eigenvalue weighted by molar-refractivity contribution is 9.11. The first kappa shape index (κ1) is 14.1. The van der Waals surface area contributed by atoms with Gasteiger partial charge in [-0.3, -0.25) is 0 Å². The van der Waals surface area contributed by atoms with Crippen molar-refractivity contribution in [3.63, 3.8) is 0 Å². The van der Waals surface area contributed by atoms with Crippen LogP contribution < -0.4 is 10.6 Å². The minimum atomic E-state index is -0.157. The Hall–Kier alpha value is -1.34. The van der Waals surface area contributed by atoms with Gasteiger partial charge in [0.1, 0.15) is 0 Å². The molecule has 2 aromatic rings. The second-order valence-electron chi connectivity index (χ2n) is 4.25. The van der Waals surface area contributed by atoms with Crippen LogP contribution in [-0.4, -0.2) is 21.6 Å². The van der Waals surface area contributed by atoms with E-state index in [0.29, 0.717) is 13.1 Å². The molecule has 0 saturated heterocycles. The van der Waals surface area contributed by atoms with Crippen LogP contribution in [0.2, 0.25) is 0 Å². The molecule has 0 aliphatic rings. The average molecular weight is 343 g/mol. The number of nitrogens with one attached hydrogen (secondary N) is 2. The van der Waals surface area contributed by atoms with Crippen LogP contribution in [0.4, 0.5) is 4.79 Å². The summed E-state index contributed by atoms with van der Waals surface area (Å²) >= 11 is 5.00. The molecule has 2 amide bonds. The zero-order chi connectivity index (χ0) is 13.7. The molecular weight excluding hydrogens is 328 g/mol. The van der Waals surface area contributed by atoms with E-state index < -0.39 is 0 Å². The van der Waals surface area contributed by atoms with Crippen LogP contribution in [-0.2, 0) is 13.1 Å². The summed E-state index contributed by atoms with van der Waals surface area (Å²) in [5.74, 6) is 0. The monoisotopic (exact) mass is 342 g/mol. The van der Waals surface area contributed by atoms with Gasteiger partial charge in [-0.1, -0.05) is 0 Å². The Morgan fingerprint density at radius 2 is 2.47 bits per heavy atom. The Balaban J connectivity index is 1.71. The van der Waals surface area contributed by atoms with Crippen molar-refractivity contribution >= 4 is 33.3 Å². The maximum Gasteiger partial charge on any atom is 0.315 e. The Morgan fingerprint density at radius 3 is 3.11 bits per heavy atom. The van der Waals surface area contributed by atoms with E-state index in [0.717, 1.165) is 9.35 Å². The van der Waals surface area contributed by atoms with Crippen LogP contribution in [0.1, 0.15) is 12.5 Å². The van der Waals surface area contributed by atoms with Crippen molar-refractivity contribution in [2.24, 2.45) is 0 Å². The lowest BCUT2D eigenvalue weighted by atomic mass is 10.3. The third-order valence-corrected chi connectivity index (χ3v) is 4.05. The summed E-state index contributed by atoms with van der Waals surface area (Å²) in [7, 11) is 0. The fourth-order valence-corrected chi connectivity index (χ4v) is 2.86. The minimum Gasteiger partial charge on any atom is -0.335 e. The molecule has 0 fully saturated rings. The molecule has 2 heterocycles. The Labute approximate surface area is 124 Å². The van der Waals surface area contributed by atoms with Crippen LogP contribution in [0.15, 0.2) is 34.0 Å². The summed E-state index contributed by atoms with van der Waals surface area (Å²) in [6.07, 6.45) is 5.33. The quantitative estimate of drug-likeness (QED) is 0.877. The van der Waals surface area contributed by atoms with E-state index in [1.54, 1.807) is 23.9 Å². The highest BCUT2D eigenvalue weighted by Crippen LogP contribution is 2.20. The molecule has 0 radical (unpaired) electrons. The summed E-state index contributed by atoms with van der Waals surface area (Å²) in [4.78, 5) is 15.7. The topological polar surface area (TPSA) is 59.0 Å². The number of halogens is 1. The van der Waals surface area contributed by atoms with Crippen molar-refractivity contribution < 1.29 is 4.79 Å². The van der Waals surface area contributed by atoms with Gasteiger partial charge in [-0.15, -0.1) is 11.3 Å². The molecule has 7 heteroatoms. The molecule has 0 aliphatic heterocycles. The zero-order valence-electron chi connectivity index (χ0n) is 10.5. The summed E-state index contributed by atoms with van der Waals surface area (Å²) in [5.41, 5.74) is 1.09. The standard InChI is InChI=1S/C12H15BrN4OS/c1-9(6-17-3-2-14-8-17)16-12(18)15-5-10-4-11(13)19-7-10/h2-4,7-9H,5-6H2,1H3,(H2,15,16,18)/t9-/m1/s1. The van der Waals surface area contributed by atoms with Gasteiger partial charge in [-0.05, 0) is 39.9 Å². The third kappa shape index (κ3) is 4.68. The number of urea groups is 1. The second-order valence-corrected chi connectivity index (χ2v) is 6.54. The number of thiophene rings is 1. The molecule has 5 nitrogen and oxygen atoms in total. The molecule has 0 aromatic carbocycles. The van der Waals surface area contributed by atoms with Crippen molar-refractivity contribution in [1.82, 2.24) is 20.2 Å². The number of carbonyl (C=O) groups excluding carboxylic acids is 1. The van der Waals surface area contributed by atoms with Crippen molar-refractivity contribution in [3.05, 3.63) is 39.5 Å². The Bertz CT molecular complexity index is 526. The van der Waals surface area contributed by atoms with Crippen LogP contribution in [0, 0.1) is 0 Å². The summed E-state index contributed by atoms with van der Waals surface area (Å²) in [6.45, 7) is 3.20. The van der Waals surface area contributed by atoms with Crippen LogP contribution >= 0.6 is 27.3 Å². The lowest BCUT2D eigenvalue weighted by Gasteiger charge is -2.14. The highest BCUT2D eigenvalue weighted by Gasteiger charge is 2.07. The van der Waals surface area contributed by atoms with E-state index in [-0.39, 0.29) is 12.1 Å². The fraction of sp³-hybridized carbons (Fsp3) is 0.333. The average Bonchev–Trinajstić information content (AvgIpc) is 2.98. The predicted molar refractivity (Wildman–Crippen MR) is 79.1 cm³/mol. The van der Waals surface area contributed by atoms with Gasteiger partial charge in [0, 0.05) is 31.5 Å². The normalized spacial score (nSPS) is 12.1. The van der Waals surface area contributed by atoms with E-state index in [2.05, 4.69) is 31.5 Å². The number of hydrogen-bond acceptors (Lipinski definition) is 3. The van der Waals surface area contributed by atoms with Gasteiger partial charge in [-0.2, -0.15) is 0 Å². The molecule has 19 heavy (non-hydrogen) atoms. The number of aromatic nitrogens is 2. The molecule has 102 valence electrons. The van der Waals surface area contributed by atoms with Crippen molar-refractivity contribution in [2.75, 3.05) is 0 Å². The molecule has 2 aromatic heterocycles. The first-order valence-corrected chi connectivity index (χ1v) is 7.54. The predicted octanol–water partition coefficient (Wildman–Crippen LogP) is 2.60. The van der Waals surface area contributed by atoms with Crippen molar-refractivity contribution in [3.8, 4) is 0 Å². The van der Waals surface area contributed by atoms with Gasteiger partial charge < -0.3 is 15.2 Å². The van der Waals surface area contributed by atoms with Gasteiger partial charge in [0.25, 0.3) is 0 Å². The second kappa shape index (κ2) is 6.72. The molecule has 0 unspecified atom stereocenters. The lowest BCUT2D eigenvalue weighted by molar-refractivity contribution is 0.236. The van der Waals surface area contributed by atoms with Gasteiger partial charge in [-0.25, -0.2) is 9.78 Å². The third-order valence-electron chi connectivity index (χ3n) is 2.50. The smallest absolute Gasteiger partial charge is 0.315 e. The van der Waals surface area contributed by atoms with Crippen LogP contribution in [0.25, 0.3) is 0 Å². The molecular formula is C12H15BrN4OS. The van der Waals surface area contributed by atoms with E-state index in [9.17, 15) is 4.79 Å². The van der Waals surface area contributed by atoms with Gasteiger partial charge in [0.2, 0.25) is 0 Å². The minimum absolute atomic E-state index is 0.0448. The molecule has 1 atom stereocenters. The maximum atomic E-state index is 11.7. The first-order chi connectivity index (χ1) is 9.13. The maximum absolute atomic E-state index is 11.7. The van der Waals surface area contributed by atoms with E-state index in [4.69, 9.17) is 0 Å². The fourth-order valence-electron chi connectivity index (χ4n) is 1.65. The molecule has 0 bridgehead atoms. The number of rotatable bonds is 5. The summed E-state index contributed by atoms with van der Waals surface area (Å²) in [6, 6.07) is 1.89. The molecule has 0 aliphatic carbocycles. The summed E-state index contributed by atoms with van der Waals surface area (Å²) < 4.78 is 3.00. The van der Waals surface area contributed by atoms with Crippen molar-refractivity contribution in [2.45, 2.75) is 26.1 Å². The Kier molecular flexibility index (Phi) is 4.98. The number of nitrogens with zero attached hydrogens (tertiary/aromatic N) is 2. The molecule has 0 spiro atoms. The molecule has 0 saturated carbocycles. The van der Waals surface area contributed by atoms with Crippen molar-refractivity contribution in [1.29, 1.82) is 0 Å². The number of carbonyl (C=O) groups is 1. The van der Waals surface area contributed by atoms with Crippen LogP contribution in [0.5, 0.6) is 0 Å². The number of imidazole rings is 1. The SMILES string of the molecule is C[C@H](Cn1ccnc1)NC(=O)NCc1csc(Br)c1. The largest absolute Gasteiger partial charge is 0.335 e. The molecule has 2 rings (SSSR count). The lowest BCUT2D eigenvalue weighted by Crippen LogP contribution is -2.42. The Morgan fingerprint density at radius 1 is 1.63 bits per heavy atom. The first-order valence-electron chi connectivity index (χ1n) is 5.86. The van der Waals surface area contributed by atoms with Crippen LogP contribution in [0.3, 0.4) is 0 Å². The van der Waals surface area contributed by atoms with Gasteiger partial charge in [0.15, 0.2) is 0 Å². The van der Waals surface area contributed by atoms with Gasteiger partial charge in [0.05, 0.1) is 10.1 Å². The van der Waals surface area contributed by atoms with Gasteiger partial charge >= 0.3 is 6.03 Å². The number of amides is 2.